The van der Waals surface area contributed by atoms with E-state index in [9.17, 15) is 28.1 Å². The summed E-state index contributed by atoms with van der Waals surface area (Å²) in [5, 5.41) is 38.5. The van der Waals surface area contributed by atoms with E-state index in [4.69, 9.17) is 10.5 Å². The molecule has 11 nitrogen and oxygen atoms in total. The third-order valence-corrected chi connectivity index (χ3v) is 7.32. The third kappa shape index (κ3) is 5.05. The molecule has 0 saturated carbocycles. The average Bonchev–Trinajstić information content (AvgIpc) is 3.24. The molecule has 3 aromatic carbocycles. The van der Waals surface area contributed by atoms with E-state index in [1.807, 2.05) is 0 Å². The van der Waals surface area contributed by atoms with Gasteiger partial charge in [0, 0.05) is 31.8 Å². The predicted octanol–water partition coefficient (Wildman–Crippen LogP) is 2.35. The lowest BCUT2D eigenvalue weighted by Gasteiger charge is -2.20. The molecule has 1 aromatic heterocycles. The lowest BCUT2D eigenvalue weighted by Crippen LogP contribution is -2.27. The highest BCUT2D eigenvalue weighted by Gasteiger charge is 2.29. The molecule has 37 heavy (non-hydrogen) atoms. The minimum atomic E-state index is -4.33. The van der Waals surface area contributed by atoms with Crippen molar-refractivity contribution < 1.29 is 32.9 Å². The second-order valence-corrected chi connectivity index (χ2v) is 9.97. The second-order valence-electron chi connectivity index (χ2n) is 7.95. The van der Waals surface area contributed by atoms with Crippen molar-refractivity contribution in [2.24, 2.45) is 5.73 Å². The van der Waals surface area contributed by atoms with Gasteiger partial charge in [0.15, 0.2) is 5.82 Å². The fraction of sp³-hybridized carbons (Fsp3) is 0.167. The number of sulfonamides is 1. The average molecular weight is 530 g/mol. The zero-order chi connectivity index (χ0) is 26.7. The number of nitrogens with zero attached hydrogens (tertiary/aromatic N) is 4. The minimum absolute atomic E-state index is 0.106. The molecule has 0 saturated heterocycles. The molecule has 4 aromatic rings. The lowest BCUT2D eigenvalue weighted by molar-refractivity contribution is 0.321. The Labute approximate surface area is 211 Å². The van der Waals surface area contributed by atoms with Gasteiger partial charge in [0.05, 0.1) is 11.3 Å². The molecule has 0 radical (unpaired) electrons. The number of phenolic OH excluding ortho intramolecular Hbond substituents is 2. The number of halogens is 1. The molecule has 0 spiro atoms. The number of ether oxygens (including phenoxy) is 1. The molecule has 0 aliphatic rings. The molecule has 13 heteroatoms. The molecular formula is C24H24FN5O6S. The lowest BCUT2D eigenvalue weighted by atomic mass is 10.1. The molecule has 0 unspecified atom stereocenters. The standard InChI is InChI=1S/C24H24FN5O6S/c1-29(14-15-6-2-5-9-21(15)36-11-10-26)37(34,35)22-12-16(19(31)13-20(22)32)23-27-28-24(33)30(23)18-8-4-3-7-17(18)25/h2-9,12-13,31-32H,10-11,14,26H2,1H3,(H,28,33). The van der Waals surface area contributed by atoms with Crippen molar-refractivity contribution in [1.29, 1.82) is 0 Å². The molecule has 194 valence electrons. The van der Waals surface area contributed by atoms with Gasteiger partial charge < -0.3 is 25.8 Å². The van der Waals surface area contributed by atoms with E-state index in [-0.39, 0.29) is 36.8 Å². The maximum Gasteiger partial charge on any atom is 0.319 e. The van der Waals surface area contributed by atoms with Crippen molar-refractivity contribution in [3.05, 3.63) is 72.0 Å². The first kappa shape index (κ1) is 25.9. The number of rotatable bonds is 9. The van der Waals surface area contributed by atoms with Crippen molar-refractivity contribution in [3.63, 3.8) is 0 Å². The number of nitrogens with two attached hydrogens (primary N) is 1. The summed E-state index contributed by atoms with van der Waals surface area (Å²) in [5.41, 5.74) is 5.70. The van der Waals surface area contributed by atoms with E-state index in [1.165, 1.54) is 25.2 Å². The molecule has 0 fully saturated rings. The van der Waals surface area contributed by atoms with Crippen LogP contribution in [-0.2, 0) is 16.6 Å². The van der Waals surface area contributed by atoms with Crippen molar-refractivity contribution in [2.45, 2.75) is 11.4 Å². The summed E-state index contributed by atoms with van der Waals surface area (Å²) in [4.78, 5) is -0.550. The number of aromatic nitrogens is 3. The van der Waals surface area contributed by atoms with Crippen LogP contribution in [0.2, 0.25) is 0 Å². The van der Waals surface area contributed by atoms with Crippen molar-refractivity contribution >= 4 is 10.0 Å². The van der Waals surface area contributed by atoms with Gasteiger partial charge in [-0.05, 0) is 24.3 Å². The number of benzene rings is 3. The summed E-state index contributed by atoms with van der Waals surface area (Å²) >= 11 is 0. The SMILES string of the molecule is CN(Cc1ccccc1OCCN)S(=O)(=O)c1cc(-c2nnc(O)n2-c2ccccc2F)c(O)cc1O. The number of hydrogen-bond donors (Lipinski definition) is 4. The fourth-order valence-electron chi connectivity index (χ4n) is 3.69. The molecular weight excluding hydrogens is 505 g/mol. The van der Waals surface area contributed by atoms with Crippen LogP contribution in [0.5, 0.6) is 23.3 Å². The Balaban J connectivity index is 1.76. The molecule has 4 rings (SSSR count). The molecule has 0 aliphatic heterocycles. The first-order valence-corrected chi connectivity index (χ1v) is 12.4. The topological polar surface area (TPSA) is 164 Å². The van der Waals surface area contributed by atoms with Gasteiger partial charge in [-0.3, -0.25) is 0 Å². The van der Waals surface area contributed by atoms with Crippen LogP contribution in [0.3, 0.4) is 0 Å². The Morgan fingerprint density at radius 3 is 2.46 bits per heavy atom. The molecule has 1 heterocycles. The van der Waals surface area contributed by atoms with Crippen LogP contribution in [0, 0.1) is 5.82 Å². The number of hydrogen-bond acceptors (Lipinski definition) is 9. The Bertz CT molecular complexity index is 1540. The maximum atomic E-state index is 14.5. The van der Waals surface area contributed by atoms with Gasteiger partial charge in [0.25, 0.3) is 0 Å². The summed E-state index contributed by atoms with van der Waals surface area (Å²) in [6, 6.07) is 13.4. The maximum absolute atomic E-state index is 14.5. The zero-order valence-corrected chi connectivity index (χ0v) is 20.4. The van der Waals surface area contributed by atoms with Gasteiger partial charge in [-0.2, -0.15) is 4.31 Å². The van der Waals surface area contributed by atoms with E-state index in [0.29, 0.717) is 11.3 Å². The monoisotopic (exact) mass is 529 g/mol. The van der Waals surface area contributed by atoms with E-state index in [0.717, 1.165) is 27.1 Å². The highest BCUT2D eigenvalue weighted by atomic mass is 32.2. The Morgan fingerprint density at radius 1 is 1.03 bits per heavy atom. The highest BCUT2D eigenvalue weighted by molar-refractivity contribution is 7.89. The predicted molar refractivity (Wildman–Crippen MR) is 131 cm³/mol. The van der Waals surface area contributed by atoms with Gasteiger partial charge in [0.2, 0.25) is 10.0 Å². The largest absolute Gasteiger partial charge is 0.507 e. The van der Waals surface area contributed by atoms with Gasteiger partial charge in [-0.15, -0.1) is 5.10 Å². The quantitative estimate of drug-likeness (QED) is 0.255. The van der Waals surface area contributed by atoms with Crippen molar-refractivity contribution in [2.75, 3.05) is 20.2 Å². The third-order valence-electron chi connectivity index (χ3n) is 5.49. The van der Waals surface area contributed by atoms with Crippen molar-refractivity contribution in [3.8, 4) is 40.3 Å². The first-order valence-electron chi connectivity index (χ1n) is 11.0. The number of phenols is 2. The van der Waals surface area contributed by atoms with Crippen LogP contribution < -0.4 is 10.5 Å². The fourth-order valence-corrected chi connectivity index (χ4v) is 4.92. The number of aromatic hydroxyl groups is 3. The molecule has 0 amide bonds. The highest BCUT2D eigenvalue weighted by Crippen LogP contribution is 2.39. The van der Waals surface area contributed by atoms with Crippen LogP contribution in [0.15, 0.2) is 65.6 Å². The Morgan fingerprint density at radius 2 is 1.73 bits per heavy atom. The first-order chi connectivity index (χ1) is 17.6. The van der Waals surface area contributed by atoms with E-state index < -0.39 is 38.2 Å². The molecule has 0 bridgehead atoms. The minimum Gasteiger partial charge on any atom is -0.507 e. The van der Waals surface area contributed by atoms with Crippen LogP contribution in [0.25, 0.3) is 17.1 Å². The smallest absolute Gasteiger partial charge is 0.319 e. The molecule has 0 aliphatic carbocycles. The molecule has 0 atom stereocenters. The number of para-hydroxylation sites is 2. The van der Waals surface area contributed by atoms with Crippen LogP contribution >= 0.6 is 0 Å². The van der Waals surface area contributed by atoms with Gasteiger partial charge in [-0.25, -0.2) is 17.4 Å². The Kier molecular flexibility index (Phi) is 7.29. The normalized spacial score (nSPS) is 11.7. The van der Waals surface area contributed by atoms with E-state index in [1.54, 1.807) is 24.3 Å². The van der Waals surface area contributed by atoms with Crippen LogP contribution in [0.4, 0.5) is 4.39 Å². The van der Waals surface area contributed by atoms with E-state index in [2.05, 4.69) is 10.2 Å². The summed E-state index contributed by atoms with van der Waals surface area (Å²) < 4.78 is 48.9. The van der Waals surface area contributed by atoms with Crippen LogP contribution in [-0.4, -0.2) is 63.0 Å². The molecule has 5 N–H and O–H groups in total. The summed E-state index contributed by atoms with van der Waals surface area (Å²) in [6.45, 7) is 0.412. The van der Waals surface area contributed by atoms with Crippen LogP contribution in [0.1, 0.15) is 5.56 Å². The van der Waals surface area contributed by atoms with E-state index >= 15 is 0 Å². The second kappa shape index (κ2) is 10.4. The summed E-state index contributed by atoms with van der Waals surface area (Å²) in [7, 11) is -3.02. The Hall–Kier alpha value is -4.20. The summed E-state index contributed by atoms with van der Waals surface area (Å²) in [6.07, 6.45) is 0. The van der Waals surface area contributed by atoms with Crippen molar-refractivity contribution in [1.82, 2.24) is 19.1 Å². The van der Waals surface area contributed by atoms with Gasteiger partial charge in [0.1, 0.15) is 34.6 Å². The van der Waals surface area contributed by atoms with Gasteiger partial charge in [-0.1, -0.05) is 35.4 Å². The summed E-state index contributed by atoms with van der Waals surface area (Å²) in [5.74, 6) is -1.80. The van der Waals surface area contributed by atoms with Gasteiger partial charge >= 0.3 is 6.01 Å². The zero-order valence-electron chi connectivity index (χ0n) is 19.6.